The minimum absolute atomic E-state index is 0. The summed E-state index contributed by atoms with van der Waals surface area (Å²) in [5.74, 6) is 1.88. The Morgan fingerprint density at radius 2 is 2.00 bits per heavy atom. The van der Waals surface area contributed by atoms with Crippen molar-refractivity contribution in [2.24, 2.45) is 10.9 Å². The highest BCUT2D eigenvalue weighted by atomic mass is 127. The van der Waals surface area contributed by atoms with Crippen LogP contribution < -0.4 is 16.0 Å². The summed E-state index contributed by atoms with van der Waals surface area (Å²) in [6, 6.07) is 3.35. The molecule has 1 aliphatic carbocycles. The van der Waals surface area contributed by atoms with Crippen molar-refractivity contribution in [3.8, 4) is 0 Å². The van der Waals surface area contributed by atoms with Crippen molar-refractivity contribution in [2.45, 2.75) is 45.4 Å². The number of carbonyl (C=O) groups excluding carboxylic acids is 1. The van der Waals surface area contributed by atoms with Crippen molar-refractivity contribution in [1.29, 1.82) is 0 Å². The molecule has 0 unspecified atom stereocenters. The van der Waals surface area contributed by atoms with Crippen LogP contribution in [0.25, 0.3) is 0 Å². The predicted octanol–water partition coefficient (Wildman–Crippen LogP) is 3.15. The van der Waals surface area contributed by atoms with Gasteiger partial charge in [-0.3, -0.25) is 9.79 Å². The maximum absolute atomic E-state index is 11.7. The predicted molar refractivity (Wildman–Crippen MR) is 112 cm³/mol. The monoisotopic (exact) mass is 462 g/mol. The van der Waals surface area contributed by atoms with Gasteiger partial charge in [0, 0.05) is 26.2 Å². The van der Waals surface area contributed by atoms with Gasteiger partial charge in [0.2, 0.25) is 0 Å². The van der Waals surface area contributed by atoms with E-state index in [4.69, 9.17) is 4.42 Å². The van der Waals surface area contributed by atoms with Crippen molar-refractivity contribution in [3.63, 3.8) is 0 Å². The third kappa shape index (κ3) is 8.60. The number of aliphatic imine (C=N–C) groups is 1. The van der Waals surface area contributed by atoms with Crippen LogP contribution in [0.3, 0.4) is 0 Å². The molecule has 1 saturated carbocycles. The summed E-state index contributed by atoms with van der Waals surface area (Å²) >= 11 is 0. The van der Waals surface area contributed by atoms with Gasteiger partial charge >= 0.3 is 0 Å². The maximum Gasteiger partial charge on any atom is 0.287 e. The first-order valence-electron chi connectivity index (χ1n) is 9.13. The molecular weight excluding hydrogens is 431 g/mol. The van der Waals surface area contributed by atoms with Crippen molar-refractivity contribution < 1.29 is 9.21 Å². The molecule has 0 radical (unpaired) electrons. The smallest absolute Gasteiger partial charge is 0.287 e. The molecule has 0 aromatic carbocycles. The average Bonchev–Trinajstić information content (AvgIpc) is 3.28. The molecule has 1 aromatic rings. The fourth-order valence-corrected chi connectivity index (χ4v) is 3.06. The summed E-state index contributed by atoms with van der Waals surface area (Å²) in [6.45, 7) is 4.87. The van der Waals surface area contributed by atoms with Crippen molar-refractivity contribution >= 4 is 35.8 Å². The average molecular weight is 462 g/mol. The zero-order valence-corrected chi connectivity index (χ0v) is 17.4. The number of halogens is 1. The van der Waals surface area contributed by atoms with Gasteiger partial charge in [-0.2, -0.15) is 0 Å². The van der Waals surface area contributed by atoms with E-state index in [1.54, 1.807) is 12.1 Å². The van der Waals surface area contributed by atoms with E-state index in [0.717, 1.165) is 31.4 Å². The second kappa shape index (κ2) is 13.0. The van der Waals surface area contributed by atoms with Gasteiger partial charge in [0.15, 0.2) is 11.7 Å². The van der Waals surface area contributed by atoms with Gasteiger partial charge < -0.3 is 20.4 Å². The molecule has 1 fully saturated rings. The molecule has 3 N–H and O–H groups in total. The van der Waals surface area contributed by atoms with Crippen LogP contribution in [0, 0.1) is 5.92 Å². The van der Waals surface area contributed by atoms with Gasteiger partial charge in [-0.15, -0.1) is 24.0 Å². The number of hydrogen-bond acceptors (Lipinski definition) is 3. The Hall–Kier alpha value is -1.25. The molecular formula is C18H31IN4O2. The van der Waals surface area contributed by atoms with Crippen LogP contribution in [0.4, 0.5) is 0 Å². The number of nitrogens with zero attached hydrogens (tertiary/aromatic N) is 1. The van der Waals surface area contributed by atoms with Crippen LogP contribution >= 0.6 is 24.0 Å². The first kappa shape index (κ1) is 21.8. The molecule has 0 saturated heterocycles. The van der Waals surface area contributed by atoms with Crippen LogP contribution in [0.15, 0.2) is 27.8 Å². The van der Waals surface area contributed by atoms with Crippen molar-refractivity contribution in [3.05, 3.63) is 24.2 Å². The largest absolute Gasteiger partial charge is 0.459 e. The summed E-state index contributed by atoms with van der Waals surface area (Å²) in [5.41, 5.74) is 0. The van der Waals surface area contributed by atoms with Gasteiger partial charge in [-0.1, -0.05) is 25.7 Å². The zero-order valence-electron chi connectivity index (χ0n) is 15.1. The Kier molecular flexibility index (Phi) is 11.3. The fraction of sp³-hybridized carbons (Fsp3) is 0.667. The van der Waals surface area contributed by atoms with Crippen LogP contribution in [0.1, 0.15) is 56.0 Å². The Balaban J connectivity index is 0.00000312. The Morgan fingerprint density at radius 1 is 1.24 bits per heavy atom. The summed E-state index contributed by atoms with van der Waals surface area (Å²) in [6.07, 6.45) is 9.55. The van der Waals surface area contributed by atoms with Gasteiger partial charge in [0.05, 0.1) is 6.26 Å². The van der Waals surface area contributed by atoms with E-state index in [0.29, 0.717) is 18.8 Å². The van der Waals surface area contributed by atoms with E-state index in [1.165, 1.54) is 38.4 Å². The first-order valence-corrected chi connectivity index (χ1v) is 9.13. The minimum atomic E-state index is -0.194. The van der Waals surface area contributed by atoms with E-state index in [2.05, 4.69) is 27.9 Å². The Bertz CT molecular complexity index is 499. The van der Waals surface area contributed by atoms with E-state index in [-0.39, 0.29) is 29.9 Å². The fourth-order valence-electron chi connectivity index (χ4n) is 3.06. The van der Waals surface area contributed by atoms with Crippen LogP contribution in [-0.4, -0.2) is 38.0 Å². The molecule has 7 heteroatoms. The number of amides is 1. The van der Waals surface area contributed by atoms with E-state index < -0.39 is 0 Å². The lowest BCUT2D eigenvalue weighted by Gasteiger charge is -2.12. The van der Waals surface area contributed by atoms with Gasteiger partial charge in [-0.25, -0.2) is 0 Å². The lowest BCUT2D eigenvalue weighted by atomic mass is 10.0. The lowest BCUT2D eigenvalue weighted by Crippen LogP contribution is -2.41. The molecule has 0 spiro atoms. The lowest BCUT2D eigenvalue weighted by molar-refractivity contribution is 0.0926. The third-order valence-electron chi connectivity index (χ3n) is 4.31. The number of nitrogens with one attached hydrogen (secondary N) is 3. The Labute approximate surface area is 167 Å². The molecule has 1 aliphatic rings. The van der Waals surface area contributed by atoms with E-state index in [1.807, 2.05) is 0 Å². The third-order valence-corrected chi connectivity index (χ3v) is 4.31. The van der Waals surface area contributed by atoms with Crippen LogP contribution in [0.2, 0.25) is 0 Å². The minimum Gasteiger partial charge on any atom is -0.459 e. The summed E-state index contributed by atoms with van der Waals surface area (Å²) in [4.78, 5) is 16.3. The molecule has 25 heavy (non-hydrogen) atoms. The number of guanidine groups is 1. The number of carbonyl (C=O) groups is 1. The second-order valence-electron chi connectivity index (χ2n) is 6.21. The zero-order chi connectivity index (χ0) is 17.0. The van der Waals surface area contributed by atoms with E-state index in [9.17, 15) is 4.79 Å². The number of furan rings is 1. The Morgan fingerprint density at radius 3 is 2.68 bits per heavy atom. The number of rotatable bonds is 9. The van der Waals surface area contributed by atoms with Gasteiger partial charge in [0.25, 0.3) is 5.91 Å². The molecule has 0 aliphatic heterocycles. The van der Waals surface area contributed by atoms with Crippen molar-refractivity contribution in [2.75, 3.05) is 26.2 Å². The first-order chi connectivity index (χ1) is 11.8. The standard InChI is InChI=1S/C18H30N4O2.HI/c1-2-19-18(21-11-5-9-15-7-3-4-8-15)22-13-12-20-17(23)16-10-6-14-24-16;/h6,10,14-15H,2-5,7-9,11-13H2,1H3,(H,20,23)(H2,19,21,22);1H. The SMILES string of the molecule is CCNC(=NCCCC1CCCC1)NCCNC(=O)c1ccco1.I. The molecule has 1 aromatic heterocycles. The van der Waals surface area contributed by atoms with E-state index >= 15 is 0 Å². The van der Waals surface area contributed by atoms with Gasteiger partial charge in [-0.05, 0) is 37.8 Å². The van der Waals surface area contributed by atoms with Crippen molar-refractivity contribution in [1.82, 2.24) is 16.0 Å². The quantitative estimate of drug-likeness (QED) is 0.228. The second-order valence-corrected chi connectivity index (χ2v) is 6.21. The van der Waals surface area contributed by atoms with Crippen LogP contribution in [-0.2, 0) is 0 Å². The summed E-state index contributed by atoms with van der Waals surface area (Å²) in [5, 5.41) is 9.29. The summed E-state index contributed by atoms with van der Waals surface area (Å²) < 4.78 is 5.05. The molecule has 1 amide bonds. The molecule has 1 heterocycles. The van der Waals surface area contributed by atoms with Gasteiger partial charge in [0.1, 0.15) is 0 Å². The molecule has 6 nitrogen and oxygen atoms in total. The summed E-state index contributed by atoms with van der Waals surface area (Å²) in [7, 11) is 0. The highest BCUT2D eigenvalue weighted by Crippen LogP contribution is 2.28. The maximum atomic E-state index is 11.7. The molecule has 0 bridgehead atoms. The normalized spacial score (nSPS) is 14.8. The molecule has 0 atom stereocenters. The number of hydrogen-bond donors (Lipinski definition) is 3. The van der Waals surface area contributed by atoms with Crippen LogP contribution in [0.5, 0.6) is 0 Å². The molecule has 2 rings (SSSR count). The topological polar surface area (TPSA) is 78.7 Å². The molecule has 142 valence electrons. The highest BCUT2D eigenvalue weighted by Gasteiger charge is 2.13. The highest BCUT2D eigenvalue weighted by molar-refractivity contribution is 14.0.